The van der Waals surface area contributed by atoms with Crippen LogP contribution in [0.4, 0.5) is 0 Å². The van der Waals surface area contributed by atoms with Crippen molar-refractivity contribution in [1.82, 2.24) is 0 Å². The monoisotopic (exact) mass is 260 g/mol. The molecule has 1 heteroatoms. The molecule has 0 bridgehead atoms. The van der Waals surface area contributed by atoms with E-state index >= 15 is 0 Å². The Morgan fingerprint density at radius 2 is 1.68 bits per heavy atom. The summed E-state index contributed by atoms with van der Waals surface area (Å²) in [5.74, 6) is 2.86. The first-order valence-electron chi connectivity index (χ1n) is 8.09. The minimum Gasteiger partial charge on any atom is -0.300 e. The van der Waals surface area contributed by atoms with Crippen molar-refractivity contribution in [3.63, 3.8) is 0 Å². The highest BCUT2D eigenvalue weighted by atomic mass is 16.1. The van der Waals surface area contributed by atoms with Crippen LogP contribution in [0.2, 0.25) is 0 Å². The van der Waals surface area contributed by atoms with Crippen molar-refractivity contribution in [2.75, 3.05) is 0 Å². The molecule has 0 aromatic carbocycles. The summed E-state index contributed by atoms with van der Waals surface area (Å²) in [5.41, 5.74) is 0. The summed E-state index contributed by atoms with van der Waals surface area (Å²) >= 11 is 0. The number of rotatable bonds is 5. The maximum atomic E-state index is 11.2. The molecule has 0 aliphatic heterocycles. The van der Waals surface area contributed by atoms with Crippen LogP contribution in [0.15, 0.2) is 24.8 Å². The largest absolute Gasteiger partial charge is 0.300 e. The van der Waals surface area contributed by atoms with E-state index in [0.717, 1.165) is 37.5 Å². The third kappa shape index (κ3) is 4.97. The van der Waals surface area contributed by atoms with Gasteiger partial charge in [0.1, 0.15) is 5.78 Å². The maximum Gasteiger partial charge on any atom is 0.132 e. The number of allylic oxidation sites excluding steroid dienone is 3. The lowest BCUT2D eigenvalue weighted by atomic mass is 9.80. The summed E-state index contributed by atoms with van der Waals surface area (Å²) in [6, 6.07) is 0. The van der Waals surface area contributed by atoms with Gasteiger partial charge in [0.2, 0.25) is 0 Å². The summed E-state index contributed by atoms with van der Waals surface area (Å²) < 4.78 is 0. The molecule has 2 fully saturated rings. The lowest BCUT2D eigenvalue weighted by Gasteiger charge is -2.26. The van der Waals surface area contributed by atoms with E-state index in [2.05, 4.69) is 24.8 Å². The molecule has 0 amide bonds. The smallest absolute Gasteiger partial charge is 0.132 e. The molecular formula is C18H28O. The zero-order chi connectivity index (χ0) is 13.5. The molecule has 2 rings (SSSR count). The van der Waals surface area contributed by atoms with Crippen molar-refractivity contribution in [3.8, 4) is 0 Å². The number of hydrogen-bond acceptors (Lipinski definition) is 1. The Labute approximate surface area is 118 Å². The normalized spacial score (nSPS) is 29.8. The van der Waals surface area contributed by atoms with E-state index in [0.29, 0.717) is 11.7 Å². The number of carbonyl (C=O) groups is 1. The molecule has 0 radical (unpaired) electrons. The molecule has 0 spiro atoms. The van der Waals surface area contributed by atoms with E-state index in [1.165, 1.54) is 38.5 Å². The van der Waals surface area contributed by atoms with Crippen molar-refractivity contribution >= 4 is 5.78 Å². The van der Waals surface area contributed by atoms with Crippen LogP contribution < -0.4 is 0 Å². The van der Waals surface area contributed by atoms with Crippen molar-refractivity contribution in [3.05, 3.63) is 24.8 Å². The van der Waals surface area contributed by atoms with Gasteiger partial charge >= 0.3 is 0 Å². The Morgan fingerprint density at radius 3 is 2.32 bits per heavy atom. The van der Waals surface area contributed by atoms with E-state index in [-0.39, 0.29) is 0 Å². The second-order valence-electron chi connectivity index (χ2n) is 6.40. The van der Waals surface area contributed by atoms with Crippen molar-refractivity contribution in [1.29, 1.82) is 0 Å². The SMILES string of the molecule is C=C[C@H]1CC[C@H](CC/C=C/C2CCC(=O)CC2)CC1. The molecule has 0 heterocycles. The van der Waals surface area contributed by atoms with Crippen LogP contribution in [0.5, 0.6) is 0 Å². The van der Waals surface area contributed by atoms with Crippen LogP contribution in [0, 0.1) is 17.8 Å². The number of hydrogen-bond donors (Lipinski definition) is 0. The number of carbonyl (C=O) groups excluding carboxylic acids is 1. The van der Waals surface area contributed by atoms with Gasteiger partial charge in [-0.2, -0.15) is 0 Å². The van der Waals surface area contributed by atoms with E-state index in [9.17, 15) is 4.79 Å². The summed E-state index contributed by atoms with van der Waals surface area (Å²) in [7, 11) is 0. The fourth-order valence-electron chi connectivity index (χ4n) is 3.49. The molecule has 2 saturated carbocycles. The van der Waals surface area contributed by atoms with Crippen LogP contribution in [0.25, 0.3) is 0 Å². The first-order valence-corrected chi connectivity index (χ1v) is 8.09. The standard InChI is InChI=1S/C18H28O/c1-2-15-7-9-16(10-8-15)5-3-4-6-17-11-13-18(19)14-12-17/h2,4,6,15-17H,1,3,5,7-14H2/b6-4+/t15-,16-. The second-order valence-corrected chi connectivity index (χ2v) is 6.40. The minimum atomic E-state index is 0.462. The summed E-state index contributed by atoms with van der Waals surface area (Å²) in [5, 5.41) is 0. The third-order valence-corrected chi connectivity index (χ3v) is 4.96. The van der Waals surface area contributed by atoms with Crippen molar-refractivity contribution in [2.45, 2.75) is 64.2 Å². The fraction of sp³-hybridized carbons (Fsp3) is 0.722. The zero-order valence-corrected chi connectivity index (χ0v) is 12.2. The molecular weight excluding hydrogens is 232 g/mol. The van der Waals surface area contributed by atoms with E-state index in [1.54, 1.807) is 0 Å². The van der Waals surface area contributed by atoms with Gasteiger partial charge in [-0.05, 0) is 69.1 Å². The van der Waals surface area contributed by atoms with Gasteiger partial charge in [-0.3, -0.25) is 4.79 Å². The van der Waals surface area contributed by atoms with Crippen molar-refractivity contribution < 1.29 is 4.79 Å². The van der Waals surface area contributed by atoms with Gasteiger partial charge < -0.3 is 0 Å². The Morgan fingerprint density at radius 1 is 1.00 bits per heavy atom. The molecule has 2 aliphatic rings. The average Bonchev–Trinajstić information content (AvgIpc) is 2.46. The second kappa shape index (κ2) is 7.67. The molecule has 0 atom stereocenters. The highest BCUT2D eigenvalue weighted by Crippen LogP contribution is 2.32. The van der Waals surface area contributed by atoms with Crippen LogP contribution >= 0.6 is 0 Å². The zero-order valence-electron chi connectivity index (χ0n) is 12.2. The van der Waals surface area contributed by atoms with Crippen molar-refractivity contribution in [2.24, 2.45) is 17.8 Å². The molecule has 0 aromatic rings. The molecule has 106 valence electrons. The first-order chi connectivity index (χ1) is 9.28. The van der Waals surface area contributed by atoms with E-state index < -0.39 is 0 Å². The molecule has 0 saturated heterocycles. The van der Waals surface area contributed by atoms with Gasteiger partial charge in [0.05, 0.1) is 0 Å². The maximum absolute atomic E-state index is 11.2. The molecule has 0 aromatic heterocycles. The number of Topliss-reactive ketones (excluding diaryl/α,β-unsaturated/α-hetero) is 1. The molecule has 1 nitrogen and oxygen atoms in total. The van der Waals surface area contributed by atoms with Crippen LogP contribution in [-0.2, 0) is 4.79 Å². The highest BCUT2D eigenvalue weighted by Gasteiger charge is 2.18. The molecule has 19 heavy (non-hydrogen) atoms. The summed E-state index contributed by atoms with van der Waals surface area (Å²) in [6.07, 6.45) is 18.7. The van der Waals surface area contributed by atoms with E-state index in [1.807, 2.05) is 0 Å². The molecule has 0 N–H and O–H groups in total. The van der Waals surface area contributed by atoms with Gasteiger partial charge in [0.15, 0.2) is 0 Å². The van der Waals surface area contributed by atoms with Gasteiger partial charge in [-0.15, -0.1) is 6.58 Å². The highest BCUT2D eigenvalue weighted by molar-refractivity contribution is 5.79. The van der Waals surface area contributed by atoms with Gasteiger partial charge in [-0.1, -0.05) is 18.2 Å². The summed E-state index contributed by atoms with van der Waals surface area (Å²) in [4.78, 5) is 11.2. The van der Waals surface area contributed by atoms with Crippen LogP contribution in [0.1, 0.15) is 64.2 Å². The Bertz CT molecular complexity index is 311. The predicted molar refractivity (Wildman–Crippen MR) is 81.0 cm³/mol. The summed E-state index contributed by atoms with van der Waals surface area (Å²) in [6.45, 7) is 3.91. The van der Waals surface area contributed by atoms with Crippen LogP contribution in [-0.4, -0.2) is 5.78 Å². The Kier molecular flexibility index (Phi) is 5.88. The molecule has 2 aliphatic carbocycles. The average molecular weight is 260 g/mol. The van der Waals surface area contributed by atoms with Crippen LogP contribution in [0.3, 0.4) is 0 Å². The predicted octanol–water partition coefficient (Wildman–Crippen LogP) is 5.07. The Hall–Kier alpha value is -0.850. The topological polar surface area (TPSA) is 17.1 Å². The first kappa shape index (κ1) is 14.6. The van der Waals surface area contributed by atoms with Gasteiger partial charge in [-0.25, -0.2) is 0 Å². The third-order valence-electron chi connectivity index (χ3n) is 4.96. The number of ketones is 1. The van der Waals surface area contributed by atoms with E-state index in [4.69, 9.17) is 0 Å². The Balaban J connectivity index is 1.59. The van der Waals surface area contributed by atoms with Gasteiger partial charge in [0.25, 0.3) is 0 Å². The van der Waals surface area contributed by atoms with Gasteiger partial charge in [0, 0.05) is 12.8 Å². The quantitative estimate of drug-likeness (QED) is 0.630. The molecule has 0 unspecified atom stereocenters. The minimum absolute atomic E-state index is 0.462. The lowest BCUT2D eigenvalue weighted by molar-refractivity contribution is -0.120. The fourth-order valence-corrected chi connectivity index (χ4v) is 3.49. The lowest BCUT2D eigenvalue weighted by Crippen LogP contribution is -2.13.